The first kappa shape index (κ1) is 27.0. The molecule has 0 saturated heterocycles. The summed E-state index contributed by atoms with van der Waals surface area (Å²) in [4.78, 5) is 14.3. The van der Waals surface area contributed by atoms with Crippen LogP contribution in [0.4, 0.5) is 13.2 Å². The first-order valence-electron chi connectivity index (χ1n) is 10.7. The molecule has 172 valence electrons. The van der Waals surface area contributed by atoms with E-state index < -0.39 is 11.7 Å². The number of nitrogens with zero attached hydrogens (tertiary/aromatic N) is 1. The highest BCUT2D eigenvalue weighted by Crippen LogP contribution is 2.29. The Hall–Kier alpha value is -3.00. The van der Waals surface area contributed by atoms with Gasteiger partial charge in [0.15, 0.2) is 5.78 Å². The molecule has 0 spiro atoms. The van der Waals surface area contributed by atoms with Crippen LogP contribution in [0.3, 0.4) is 0 Å². The highest BCUT2D eigenvalue weighted by molar-refractivity contribution is 5.97. The molecule has 0 unspecified atom stereocenters. The van der Waals surface area contributed by atoms with Gasteiger partial charge < -0.3 is 4.90 Å². The van der Waals surface area contributed by atoms with Gasteiger partial charge in [0.1, 0.15) is 0 Å². The van der Waals surface area contributed by atoms with E-state index in [0.717, 1.165) is 42.7 Å². The van der Waals surface area contributed by atoms with Crippen LogP contribution in [0.2, 0.25) is 0 Å². The minimum Gasteiger partial charge on any atom is -0.365 e. The zero-order valence-corrected chi connectivity index (χ0v) is 19.3. The maximum atomic E-state index is 12.8. The van der Waals surface area contributed by atoms with Crippen molar-refractivity contribution in [1.82, 2.24) is 4.90 Å². The van der Waals surface area contributed by atoms with E-state index in [-0.39, 0.29) is 23.9 Å². The van der Waals surface area contributed by atoms with Crippen LogP contribution in [-0.2, 0) is 6.18 Å². The van der Waals surface area contributed by atoms with Gasteiger partial charge in [-0.2, -0.15) is 13.2 Å². The molecule has 2 aromatic rings. The number of halogens is 3. The fourth-order valence-electron chi connectivity index (χ4n) is 3.25. The summed E-state index contributed by atoms with van der Waals surface area (Å²) in [5, 5.41) is 0. The van der Waals surface area contributed by atoms with Crippen LogP contribution in [0.5, 0.6) is 0 Å². The maximum Gasteiger partial charge on any atom is 0.416 e. The first-order valence-corrected chi connectivity index (χ1v) is 10.7. The molecule has 0 aromatic heterocycles. The van der Waals surface area contributed by atoms with E-state index >= 15 is 0 Å². The summed E-state index contributed by atoms with van der Waals surface area (Å²) in [6.07, 6.45) is 3.45. The molecular weight excluding hydrogens is 411 g/mol. The second-order valence-corrected chi connectivity index (χ2v) is 7.73. The van der Waals surface area contributed by atoms with E-state index in [9.17, 15) is 18.0 Å². The number of ketones is 1. The number of allylic oxidation sites excluding steroid dienone is 1. The molecule has 0 aliphatic rings. The van der Waals surface area contributed by atoms with Gasteiger partial charge >= 0.3 is 6.18 Å². The standard InChI is InChI=1S/C18H24F3NO.C9H8/c1-5-8-16(6-2)22(13(3)4)12-17(23)14-9-7-10-15(11-14)18(19,20)21;1-3-9-6-4-8(2)5-7-9/h7,9-11,16H,3,5-6,8,12H2,1-2,4H3;1,4-7H,2H3/t16-;/m1./s1. The Bertz CT molecular complexity index is 923. The lowest BCUT2D eigenvalue weighted by Gasteiger charge is -2.32. The summed E-state index contributed by atoms with van der Waals surface area (Å²) in [5.74, 6) is 2.23. The third-order valence-corrected chi connectivity index (χ3v) is 5.07. The molecule has 2 nitrogen and oxygen atoms in total. The molecule has 2 rings (SSSR count). The normalized spacial score (nSPS) is 11.6. The molecular formula is C27H32F3NO. The van der Waals surface area contributed by atoms with Gasteiger partial charge in [0.2, 0.25) is 0 Å². The van der Waals surface area contributed by atoms with Gasteiger partial charge in [-0.3, -0.25) is 4.79 Å². The van der Waals surface area contributed by atoms with E-state index in [1.807, 2.05) is 49.9 Å². The zero-order chi connectivity index (χ0) is 24.3. The molecule has 0 bridgehead atoms. The molecule has 0 heterocycles. The number of Topliss-reactive ketones (excluding diaryl/α,β-unsaturated/α-hetero) is 1. The third-order valence-electron chi connectivity index (χ3n) is 5.07. The minimum absolute atomic E-state index is 0.0507. The molecule has 0 radical (unpaired) electrons. The number of hydrogen-bond acceptors (Lipinski definition) is 2. The van der Waals surface area contributed by atoms with Crippen molar-refractivity contribution < 1.29 is 18.0 Å². The summed E-state index contributed by atoms with van der Waals surface area (Å²) in [5.41, 5.74) is 2.23. The van der Waals surface area contributed by atoms with Gasteiger partial charge in [0.25, 0.3) is 0 Å². The van der Waals surface area contributed by atoms with Crippen molar-refractivity contribution >= 4 is 5.78 Å². The molecule has 0 N–H and O–H groups in total. The number of benzene rings is 2. The van der Waals surface area contributed by atoms with Gasteiger partial charge in [-0.05, 0) is 51.0 Å². The Balaban J connectivity index is 0.000000471. The maximum absolute atomic E-state index is 12.8. The Morgan fingerprint density at radius 2 is 1.78 bits per heavy atom. The smallest absolute Gasteiger partial charge is 0.365 e. The van der Waals surface area contributed by atoms with Crippen LogP contribution in [0.15, 0.2) is 60.8 Å². The van der Waals surface area contributed by atoms with Gasteiger partial charge in [0, 0.05) is 22.9 Å². The molecule has 0 aliphatic carbocycles. The Morgan fingerprint density at radius 1 is 1.16 bits per heavy atom. The monoisotopic (exact) mass is 443 g/mol. The quantitative estimate of drug-likeness (QED) is 0.316. The molecule has 2 aromatic carbocycles. The first-order chi connectivity index (χ1) is 15.0. The lowest BCUT2D eigenvalue weighted by atomic mass is 10.0. The number of carbonyl (C=O) groups excluding carboxylic acids is 1. The van der Waals surface area contributed by atoms with Crippen LogP contribution < -0.4 is 0 Å². The Morgan fingerprint density at radius 3 is 2.25 bits per heavy atom. The highest BCUT2D eigenvalue weighted by Gasteiger charge is 2.31. The SMILES string of the molecule is C#Cc1ccc(C)cc1.C=C(C)N(CC(=O)c1cccc(C(F)(F)F)c1)[C@H](CC)CCC. The Labute approximate surface area is 190 Å². The van der Waals surface area contributed by atoms with Crippen LogP contribution in [0, 0.1) is 19.3 Å². The lowest BCUT2D eigenvalue weighted by Crippen LogP contribution is -2.37. The number of aryl methyl sites for hydroxylation is 1. The van der Waals surface area contributed by atoms with Crippen molar-refractivity contribution in [2.24, 2.45) is 0 Å². The van der Waals surface area contributed by atoms with E-state index in [2.05, 4.69) is 19.4 Å². The van der Waals surface area contributed by atoms with Gasteiger partial charge in [0.05, 0.1) is 12.1 Å². The summed E-state index contributed by atoms with van der Waals surface area (Å²) in [7, 11) is 0. The summed E-state index contributed by atoms with van der Waals surface area (Å²) in [6, 6.07) is 12.7. The van der Waals surface area contributed by atoms with Gasteiger partial charge in [-0.25, -0.2) is 0 Å². The average Bonchev–Trinajstić information content (AvgIpc) is 2.76. The minimum atomic E-state index is -4.45. The van der Waals surface area contributed by atoms with Gasteiger partial charge in [-0.15, -0.1) is 6.42 Å². The van der Waals surface area contributed by atoms with Crippen LogP contribution in [0.1, 0.15) is 67.1 Å². The van der Waals surface area contributed by atoms with E-state index in [4.69, 9.17) is 6.42 Å². The van der Waals surface area contributed by atoms with E-state index in [1.54, 1.807) is 0 Å². The van der Waals surface area contributed by atoms with Crippen LogP contribution >= 0.6 is 0 Å². The fraction of sp³-hybridized carbons (Fsp3) is 0.370. The van der Waals surface area contributed by atoms with E-state index in [0.29, 0.717) is 0 Å². The number of rotatable bonds is 8. The molecule has 1 atom stereocenters. The fourth-order valence-corrected chi connectivity index (χ4v) is 3.25. The predicted molar refractivity (Wildman–Crippen MR) is 125 cm³/mol. The Kier molecular flexibility index (Phi) is 10.8. The zero-order valence-electron chi connectivity index (χ0n) is 19.3. The number of terminal acetylenes is 1. The van der Waals surface area contributed by atoms with Crippen LogP contribution in [0.25, 0.3) is 0 Å². The van der Waals surface area contributed by atoms with E-state index in [1.165, 1.54) is 17.7 Å². The van der Waals surface area contributed by atoms with Crippen molar-refractivity contribution in [3.63, 3.8) is 0 Å². The molecule has 0 aliphatic heterocycles. The second-order valence-electron chi connectivity index (χ2n) is 7.73. The van der Waals surface area contributed by atoms with Crippen molar-refractivity contribution in [3.8, 4) is 12.3 Å². The number of carbonyl (C=O) groups is 1. The van der Waals surface area contributed by atoms with Crippen molar-refractivity contribution in [1.29, 1.82) is 0 Å². The predicted octanol–water partition coefficient (Wildman–Crippen LogP) is 7.28. The van der Waals surface area contributed by atoms with Crippen molar-refractivity contribution in [3.05, 3.63) is 83.1 Å². The molecule has 0 saturated carbocycles. The second kappa shape index (κ2) is 12.8. The highest BCUT2D eigenvalue weighted by atomic mass is 19.4. The third kappa shape index (κ3) is 8.63. The summed E-state index contributed by atoms with van der Waals surface area (Å²) in [6.45, 7) is 11.9. The molecule has 32 heavy (non-hydrogen) atoms. The lowest BCUT2D eigenvalue weighted by molar-refractivity contribution is -0.137. The molecule has 5 heteroatoms. The van der Waals surface area contributed by atoms with Gasteiger partial charge in [-0.1, -0.05) is 62.6 Å². The topological polar surface area (TPSA) is 20.3 Å². The van der Waals surface area contributed by atoms with Crippen molar-refractivity contribution in [2.75, 3.05) is 6.54 Å². The summed E-state index contributed by atoms with van der Waals surface area (Å²) < 4.78 is 38.3. The molecule has 0 amide bonds. The van der Waals surface area contributed by atoms with Crippen molar-refractivity contribution in [2.45, 2.75) is 59.2 Å². The number of alkyl halides is 3. The molecule has 0 fully saturated rings. The average molecular weight is 444 g/mol. The number of hydrogen-bond donors (Lipinski definition) is 0. The largest absolute Gasteiger partial charge is 0.416 e. The summed E-state index contributed by atoms with van der Waals surface area (Å²) >= 11 is 0. The van der Waals surface area contributed by atoms with Crippen LogP contribution in [-0.4, -0.2) is 23.3 Å².